The molecule has 0 spiro atoms. The third-order valence-corrected chi connectivity index (χ3v) is 3.07. The van der Waals surface area contributed by atoms with Gasteiger partial charge in [0, 0.05) is 0 Å². The summed E-state index contributed by atoms with van der Waals surface area (Å²) < 4.78 is 6.73. The summed E-state index contributed by atoms with van der Waals surface area (Å²) in [7, 11) is 0. The monoisotopic (exact) mass is 311 g/mol. The summed E-state index contributed by atoms with van der Waals surface area (Å²) in [6.45, 7) is 1.70. The molecule has 1 N–H and O–H groups in total. The molecule has 0 aliphatic rings. The highest BCUT2D eigenvalue weighted by Gasteiger charge is 2.19. The van der Waals surface area contributed by atoms with Crippen molar-refractivity contribution in [3.8, 4) is 5.75 Å². The van der Waals surface area contributed by atoms with Gasteiger partial charge in [-0.2, -0.15) is 4.68 Å². The molecule has 2 aromatic rings. The number of benzene rings is 1. The van der Waals surface area contributed by atoms with E-state index in [2.05, 4.69) is 5.10 Å². The largest absolute Gasteiger partial charge is 0.489 e. The minimum absolute atomic E-state index is 0.0104. The van der Waals surface area contributed by atoms with Gasteiger partial charge in [-0.3, -0.25) is 0 Å². The SMILES string of the molecule is Cc1cn(C[C@@H](O)COc2ccccc2Cl)nc1[N+](=O)[O-]. The van der Waals surface area contributed by atoms with Crippen LogP contribution in [0, 0.1) is 17.0 Å². The maximum absolute atomic E-state index is 10.7. The van der Waals surface area contributed by atoms with Crippen LogP contribution in [0.15, 0.2) is 30.5 Å². The number of hydrogen-bond acceptors (Lipinski definition) is 5. The molecule has 1 atom stereocenters. The van der Waals surface area contributed by atoms with E-state index in [1.807, 2.05) is 0 Å². The number of para-hydroxylation sites is 1. The molecule has 1 aromatic carbocycles. The molecule has 0 saturated heterocycles. The zero-order chi connectivity index (χ0) is 15.4. The summed E-state index contributed by atoms with van der Waals surface area (Å²) >= 11 is 5.93. The number of hydrogen-bond donors (Lipinski definition) is 1. The minimum atomic E-state index is -0.861. The van der Waals surface area contributed by atoms with Crippen LogP contribution in [0.5, 0.6) is 5.75 Å². The van der Waals surface area contributed by atoms with E-state index in [0.29, 0.717) is 16.3 Å². The number of ether oxygens (including phenoxy) is 1. The first-order valence-corrected chi connectivity index (χ1v) is 6.59. The molecule has 0 aliphatic carbocycles. The maximum atomic E-state index is 10.7. The number of nitrogens with zero attached hydrogens (tertiary/aromatic N) is 3. The van der Waals surface area contributed by atoms with Crippen LogP contribution in [0.2, 0.25) is 5.02 Å². The number of aryl methyl sites for hydroxylation is 1. The fourth-order valence-corrected chi connectivity index (χ4v) is 1.99. The zero-order valence-corrected chi connectivity index (χ0v) is 12.0. The van der Waals surface area contributed by atoms with Crippen LogP contribution in [0.25, 0.3) is 0 Å². The van der Waals surface area contributed by atoms with E-state index < -0.39 is 11.0 Å². The highest BCUT2D eigenvalue weighted by Crippen LogP contribution is 2.23. The van der Waals surface area contributed by atoms with Crippen LogP contribution < -0.4 is 4.74 Å². The lowest BCUT2D eigenvalue weighted by Gasteiger charge is -2.11. The first-order chi connectivity index (χ1) is 9.97. The number of aromatic nitrogens is 2. The lowest BCUT2D eigenvalue weighted by Crippen LogP contribution is -2.24. The van der Waals surface area contributed by atoms with Gasteiger partial charge in [0.05, 0.1) is 28.4 Å². The second-order valence-electron chi connectivity index (χ2n) is 4.51. The van der Waals surface area contributed by atoms with Crippen molar-refractivity contribution in [2.24, 2.45) is 0 Å². The molecule has 0 aliphatic heterocycles. The smallest absolute Gasteiger partial charge is 0.392 e. The Morgan fingerprint density at radius 2 is 2.24 bits per heavy atom. The fourth-order valence-electron chi connectivity index (χ4n) is 1.80. The Morgan fingerprint density at radius 3 is 2.86 bits per heavy atom. The van der Waals surface area contributed by atoms with E-state index in [-0.39, 0.29) is 19.0 Å². The highest BCUT2D eigenvalue weighted by atomic mass is 35.5. The van der Waals surface area contributed by atoms with Crippen molar-refractivity contribution in [2.75, 3.05) is 6.61 Å². The Bertz CT molecular complexity index is 644. The first-order valence-electron chi connectivity index (χ1n) is 6.21. The maximum Gasteiger partial charge on any atom is 0.392 e. The van der Waals surface area contributed by atoms with Gasteiger partial charge in [-0.1, -0.05) is 23.7 Å². The van der Waals surface area contributed by atoms with Gasteiger partial charge in [0.15, 0.2) is 0 Å². The highest BCUT2D eigenvalue weighted by molar-refractivity contribution is 6.32. The van der Waals surface area contributed by atoms with Crippen molar-refractivity contribution < 1.29 is 14.8 Å². The summed E-state index contributed by atoms with van der Waals surface area (Å²) in [5, 5.41) is 24.8. The van der Waals surface area contributed by atoms with E-state index in [1.165, 1.54) is 10.9 Å². The van der Waals surface area contributed by atoms with E-state index in [0.717, 1.165) is 0 Å². The van der Waals surface area contributed by atoms with Gasteiger partial charge in [0.2, 0.25) is 0 Å². The second-order valence-corrected chi connectivity index (χ2v) is 4.92. The van der Waals surface area contributed by atoms with Crippen LogP contribution in [-0.4, -0.2) is 32.5 Å². The Labute approximate surface area is 125 Å². The topological polar surface area (TPSA) is 90.4 Å². The predicted octanol–water partition coefficient (Wildman–Crippen LogP) is 2.19. The summed E-state index contributed by atoms with van der Waals surface area (Å²) in [6, 6.07) is 6.92. The molecule has 8 heteroatoms. The fraction of sp³-hybridized carbons (Fsp3) is 0.308. The molecule has 2 rings (SSSR count). The standard InChI is InChI=1S/C13H14ClN3O4/c1-9-6-16(15-13(9)17(19)20)7-10(18)8-21-12-5-3-2-4-11(12)14/h2-6,10,18H,7-8H2,1H3/t10-/m1/s1. The van der Waals surface area contributed by atoms with Crippen molar-refractivity contribution in [3.63, 3.8) is 0 Å². The lowest BCUT2D eigenvalue weighted by atomic mass is 10.3. The average Bonchev–Trinajstić information content (AvgIpc) is 2.79. The van der Waals surface area contributed by atoms with Crippen LogP contribution in [0.3, 0.4) is 0 Å². The number of aliphatic hydroxyl groups is 1. The quantitative estimate of drug-likeness (QED) is 0.652. The van der Waals surface area contributed by atoms with Gasteiger partial charge >= 0.3 is 5.82 Å². The van der Waals surface area contributed by atoms with Crippen LogP contribution in [0.1, 0.15) is 5.56 Å². The van der Waals surface area contributed by atoms with Crippen LogP contribution in [0.4, 0.5) is 5.82 Å². The van der Waals surface area contributed by atoms with Gasteiger partial charge in [-0.05, 0) is 24.0 Å². The summed E-state index contributed by atoms with van der Waals surface area (Å²) in [5.41, 5.74) is 0.444. The van der Waals surface area contributed by atoms with E-state index in [4.69, 9.17) is 16.3 Å². The Hall–Kier alpha value is -2.12. The third kappa shape index (κ3) is 3.93. The van der Waals surface area contributed by atoms with Crippen LogP contribution >= 0.6 is 11.6 Å². The molecule has 1 aromatic heterocycles. The molecule has 0 fully saturated rings. The Balaban J connectivity index is 1.93. The van der Waals surface area contributed by atoms with Crippen molar-refractivity contribution in [3.05, 3.63) is 51.2 Å². The van der Waals surface area contributed by atoms with Crippen molar-refractivity contribution in [1.29, 1.82) is 0 Å². The number of rotatable bonds is 6. The van der Waals surface area contributed by atoms with E-state index in [1.54, 1.807) is 31.2 Å². The Morgan fingerprint density at radius 1 is 1.52 bits per heavy atom. The lowest BCUT2D eigenvalue weighted by molar-refractivity contribution is -0.390. The van der Waals surface area contributed by atoms with Crippen LogP contribution in [-0.2, 0) is 6.54 Å². The summed E-state index contributed by atoms with van der Waals surface area (Å²) in [5.74, 6) is 0.259. The molecule has 0 radical (unpaired) electrons. The number of halogens is 1. The van der Waals surface area contributed by atoms with Gasteiger partial charge < -0.3 is 20.0 Å². The van der Waals surface area contributed by atoms with Crippen molar-refractivity contribution >= 4 is 17.4 Å². The molecule has 0 amide bonds. The number of aliphatic hydroxyl groups excluding tert-OH is 1. The predicted molar refractivity (Wildman–Crippen MR) is 76.6 cm³/mol. The molecule has 1 heterocycles. The molecule has 0 unspecified atom stereocenters. The molecular formula is C13H14ClN3O4. The van der Waals surface area contributed by atoms with Gasteiger partial charge in [0.25, 0.3) is 0 Å². The van der Waals surface area contributed by atoms with Gasteiger partial charge in [0.1, 0.15) is 18.5 Å². The molecule has 21 heavy (non-hydrogen) atoms. The van der Waals surface area contributed by atoms with E-state index in [9.17, 15) is 15.2 Å². The Kier molecular flexibility index (Phi) is 4.77. The molecule has 7 nitrogen and oxygen atoms in total. The van der Waals surface area contributed by atoms with E-state index >= 15 is 0 Å². The van der Waals surface area contributed by atoms with Crippen molar-refractivity contribution in [2.45, 2.75) is 19.6 Å². The molecule has 112 valence electrons. The van der Waals surface area contributed by atoms with Gasteiger partial charge in [-0.25, -0.2) is 0 Å². The minimum Gasteiger partial charge on any atom is -0.489 e. The molecular weight excluding hydrogens is 298 g/mol. The second kappa shape index (κ2) is 6.55. The zero-order valence-electron chi connectivity index (χ0n) is 11.3. The normalized spacial score (nSPS) is 12.1. The molecule has 0 bridgehead atoms. The molecule has 0 saturated carbocycles. The van der Waals surface area contributed by atoms with Gasteiger partial charge in [-0.15, -0.1) is 0 Å². The number of nitro groups is 1. The van der Waals surface area contributed by atoms with Crippen molar-refractivity contribution in [1.82, 2.24) is 9.78 Å². The average molecular weight is 312 g/mol. The third-order valence-electron chi connectivity index (χ3n) is 2.76. The first kappa shape index (κ1) is 15.3. The summed E-state index contributed by atoms with van der Waals surface area (Å²) in [6.07, 6.45) is 0.650. The summed E-state index contributed by atoms with van der Waals surface area (Å²) in [4.78, 5) is 10.1.